The quantitative estimate of drug-likeness (QED) is 0.272. The molecule has 0 bridgehead atoms. The van der Waals surface area contributed by atoms with E-state index in [9.17, 15) is 34.8 Å². The van der Waals surface area contributed by atoms with Gasteiger partial charge >= 0.3 is 0 Å². The number of rotatable bonds is 2. The Bertz CT molecular complexity index is 1250. The number of phenols is 1. The van der Waals surface area contributed by atoms with Gasteiger partial charge in [0.1, 0.15) is 22.8 Å². The SMILES string of the molecule is C=C1c2c(C)cc(C)c(O)c2C(O)=C2C(=O)[C@]3(O)C(O)=C(C(N)=O)C(=O)[C@@H](N(C)C)[C@@H]3[CH-][C@H]12.[Y]. The van der Waals surface area contributed by atoms with Crippen molar-refractivity contribution in [1.29, 1.82) is 0 Å². The Morgan fingerprint density at radius 3 is 2.26 bits per heavy atom. The Morgan fingerprint density at radius 1 is 1.15 bits per heavy atom. The van der Waals surface area contributed by atoms with E-state index in [4.69, 9.17) is 5.73 Å². The molecule has 9 nitrogen and oxygen atoms in total. The number of aliphatic hydroxyl groups excluding tert-OH is 2. The number of nitrogens with zero attached hydrogens (tertiary/aromatic N) is 1. The maximum absolute atomic E-state index is 13.7. The third kappa shape index (κ3) is 3.17. The molecule has 0 saturated heterocycles. The third-order valence-electron chi connectivity index (χ3n) is 6.92. The minimum Gasteiger partial charge on any atom is -0.508 e. The zero-order valence-corrected chi connectivity index (χ0v) is 22.0. The first kappa shape index (κ1) is 26.3. The van der Waals surface area contributed by atoms with Crippen LogP contribution in [0.25, 0.3) is 11.3 Å². The molecular weight excluding hydrogens is 517 g/mol. The standard InChI is InChI=1S/C24H25N2O7.Y/c1-8-6-9(2)18(27)15-13(8)10(3)11-7-12-17(26(4)5)20(29)16(23(25)32)22(31)24(12,33)21(30)14(11)19(15)28;/h6-7,11-12,17,27-28,31,33H,3H2,1-2,4-5H3,(H2,25,32);/q-1;/t11-,12+,17+,24+;/m1./s1. The number of ketones is 2. The molecule has 1 amide bonds. The van der Waals surface area contributed by atoms with E-state index >= 15 is 0 Å². The van der Waals surface area contributed by atoms with Gasteiger partial charge in [0.15, 0.2) is 17.2 Å². The summed E-state index contributed by atoms with van der Waals surface area (Å²) in [7, 11) is 3.06. The number of nitrogens with two attached hydrogens (primary N) is 1. The number of primary amides is 1. The fraction of sp³-hybridized carbons (Fsp3) is 0.333. The number of aliphatic hydroxyl groups is 3. The largest absolute Gasteiger partial charge is 0.508 e. The average Bonchev–Trinajstić information content (AvgIpc) is 2.70. The molecule has 1 aromatic carbocycles. The summed E-state index contributed by atoms with van der Waals surface area (Å²) in [5.41, 5.74) is 3.43. The van der Waals surface area contributed by atoms with Crippen molar-refractivity contribution in [2.24, 2.45) is 17.6 Å². The number of carbonyl (C=O) groups is 3. The number of allylic oxidation sites excluding steroid dienone is 1. The van der Waals surface area contributed by atoms with Crippen LogP contribution in [-0.2, 0) is 47.1 Å². The summed E-state index contributed by atoms with van der Waals surface area (Å²) in [6.07, 6.45) is 1.48. The molecule has 10 heteroatoms. The third-order valence-corrected chi connectivity index (χ3v) is 6.92. The topological polar surface area (TPSA) is 161 Å². The predicted molar refractivity (Wildman–Crippen MR) is 119 cm³/mol. The number of hydrogen-bond donors (Lipinski definition) is 5. The number of fused-ring (bicyclic) bond motifs is 3. The fourth-order valence-electron chi connectivity index (χ4n) is 5.41. The number of aromatic hydroxyl groups is 1. The van der Waals surface area contributed by atoms with Crippen LogP contribution in [0.3, 0.4) is 0 Å². The van der Waals surface area contributed by atoms with Crippen LogP contribution in [0.5, 0.6) is 5.75 Å². The predicted octanol–water partition coefficient (Wildman–Crippen LogP) is 0.863. The summed E-state index contributed by atoms with van der Waals surface area (Å²) in [6.45, 7) is 7.49. The van der Waals surface area contributed by atoms with Crippen LogP contribution in [0.2, 0.25) is 0 Å². The van der Waals surface area contributed by atoms with Crippen molar-refractivity contribution in [2.75, 3.05) is 14.1 Å². The van der Waals surface area contributed by atoms with Gasteiger partial charge in [0.05, 0.1) is 11.6 Å². The Kier molecular flexibility index (Phi) is 6.50. The van der Waals surface area contributed by atoms with Gasteiger partial charge in [0.2, 0.25) is 0 Å². The Balaban J connectivity index is 0.00000324. The van der Waals surface area contributed by atoms with Crippen LogP contribution in [0.15, 0.2) is 29.6 Å². The molecule has 0 aliphatic heterocycles. The molecule has 3 aliphatic carbocycles. The van der Waals surface area contributed by atoms with Crippen molar-refractivity contribution < 1.29 is 67.5 Å². The van der Waals surface area contributed by atoms with Gasteiger partial charge < -0.3 is 37.5 Å². The molecule has 1 aromatic rings. The summed E-state index contributed by atoms with van der Waals surface area (Å²) in [5, 5.41) is 44.1. The van der Waals surface area contributed by atoms with E-state index in [1.807, 2.05) is 0 Å². The number of carbonyl (C=O) groups excluding carboxylic acids is 3. The molecule has 1 fully saturated rings. The minimum absolute atomic E-state index is 0. The molecule has 1 radical (unpaired) electrons. The average molecular weight is 542 g/mol. The zero-order valence-electron chi connectivity index (χ0n) is 19.2. The van der Waals surface area contributed by atoms with Gasteiger partial charge in [0.25, 0.3) is 5.91 Å². The van der Waals surface area contributed by atoms with Gasteiger partial charge in [-0.3, -0.25) is 14.4 Å². The van der Waals surface area contributed by atoms with Crippen LogP contribution < -0.4 is 5.73 Å². The van der Waals surface area contributed by atoms with Crippen molar-refractivity contribution in [3.63, 3.8) is 0 Å². The molecule has 6 N–H and O–H groups in total. The Labute approximate surface area is 221 Å². The first-order chi connectivity index (χ1) is 15.3. The molecule has 1 saturated carbocycles. The summed E-state index contributed by atoms with van der Waals surface area (Å²) in [6, 6.07) is 0.529. The van der Waals surface area contributed by atoms with Gasteiger partial charge in [-0.25, -0.2) is 0 Å². The number of Topliss-reactive ketones (excluding diaryl/α,β-unsaturated/α-hetero) is 2. The van der Waals surface area contributed by atoms with E-state index in [2.05, 4.69) is 6.58 Å². The molecule has 4 atom stereocenters. The van der Waals surface area contributed by atoms with Crippen molar-refractivity contribution in [3.05, 3.63) is 58.2 Å². The van der Waals surface area contributed by atoms with Crippen LogP contribution in [-0.4, -0.2) is 68.5 Å². The van der Waals surface area contributed by atoms with Crippen molar-refractivity contribution >= 4 is 28.8 Å². The maximum Gasteiger partial charge on any atom is 0.255 e. The van der Waals surface area contributed by atoms with Crippen LogP contribution >= 0.6 is 0 Å². The first-order valence-corrected chi connectivity index (χ1v) is 10.3. The molecule has 177 valence electrons. The van der Waals surface area contributed by atoms with Crippen LogP contribution in [0.1, 0.15) is 22.3 Å². The van der Waals surface area contributed by atoms with Gasteiger partial charge in [-0.2, -0.15) is 0 Å². The van der Waals surface area contributed by atoms with Gasteiger partial charge in [-0.05, 0) is 44.6 Å². The molecule has 3 aliphatic rings. The monoisotopic (exact) mass is 542 g/mol. The number of likely N-dealkylation sites (N-methyl/N-ethyl adjacent to an activating group) is 1. The zero-order chi connectivity index (χ0) is 24.7. The molecule has 4 rings (SSSR count). The fourth-order valence-corrected chi connectivity index (χ4v) is 5.41. The van der Waals surface area contributed by atoms with E-state index in [0.717, 1.165) is 0 Å². The first-order valence-electron chi connectivity index (χ1n) is 10.3. The Morgan fingerprint density at radius 2 is 1.74 bits per heavy atom. The van der Waals surface area contributed by atoms with Crippen molar-refractivity contribution in [1.82, 2.24) is 4.90 Å². The van der Waals surface area contributed by atoms with Crippen LogP contribution in [0, 0.1) is 32.1 Å². The smallest absolute Gasteiger partial charge is 0.255 e. The van der Waals surface area contributed by atoms with E-state index in [0.29, 0.717) is 22.3 Å². The number of phenolic OH excluding ortho intramolecular Hbond substituents is 1. The second-order valence-corrected chi connectivity index (χ2v) is 9.05. The number of hydrogen-bond acceptors (Lipinski definition) is 8. The van der Waals surface area contributed by atoms with Crippen molar-refractivity contribution in [3.8, 4) is 5.75 Å². The molecule has 0 aromatic heterocycles. The molecule has 0 unspecified atom stereocenters. The van der Waals surface area contributed by atoms with E-state index < -0.39 is 58.0 Å². The molecule has 34 heavy (non-hydrogen) atoms. The van der Waals surface area contributed by atoms with Gasteiger partial charge in [-0.15, -0.1) is 5.92 Å². The summed E-state index contributed by atoms with van der Waals surface area (Å²) < 4.78 is 0. The summed E-state index contributed by atoms with van der Waals surface area (Å²) in [5.74, 6) is -7.35. The number of amides is 1. The summed E-state index contributed by atoms with van der Waals surface area (Å²) in [4.78, 5) is 40.2. The van der Waals surface area contributed by atoms with Gasteiger partial charge in [0, 0.05) is 38.3 Å². The minimum atomic E-state index is -2.72. The molecular formula is C24H25N2O7Y-. The van der Waals surface area contributed by atoms with Gasteiger partial charge in [-0.1, -0.05) is 24.1 Å². The number of benzene rings is 1. The molecule has 0 heterocycles. The second kappa shape index (κ2) is 8.41. The Hall–Kier alpha value is -2.33. The maximum atomic E-state index is 13.7. The normalized spacial score (nSPS) is 28.4. The summed E-state index contributed by atoms with van der Waals surface area (Å²) >= 11 is 0. The van der Waals surface area contributed by atoms with E-state index in [-0.39, 0.29) is 49.6 Å². The number of aryl methyl sites for hydroxylation is 2. The van der Waals surface area contributed by atoms with Crippen molar-refractivity contribution in [2.45, 2.75) is 25.5 Å². The molecule has 0 spiro atoms. The van der Waals surface area contributed by atoms with E-state index in [1.165, 1.54) is 25.4 Å². The van der Waals surface area contributed by atoms with E-state index in [1.54, 1.807) is 19.9 Å². The second-order valence-electron chi connectivity index (χ2n) is 9.05. The van der Waals surface area contributed by atoms with Crippen LogP contribution in [0.4, 0.5) is 0 Å².